The van der Waals surface area contributed by atoms with Gasteiger partial charge in [-0.1, -0.05) is 12.8 Å². The summed E-state index contributed by atoms with van der Waals surface area (Å²) >= 11 is 1.54. The number of carboxylic acid groups (broad SMARTS) is 1. The maximum Gasteiger partial charge on any atom is 0.326 e. The van der Waals surface area contributed by atoms with Crippen LogP contribution in [-0.4, -0.2) is 39.0 Å². The van der Waals surface area contributed by atoms with E-state index in [1.807, 2.05) is 5.38 Å². The Bertz CT molecular complexity index is 610. The number of thiazole rings is 1. The van der Waals surface area contributed by atoms with E-state index in [2.05, 4.69) is 4.98 Å². The number of likely N-dealkylation sites (tertiary alicyclic amines) is 1. The molecule has 1 aromatic rings. The summed E-state index contributed by atoms with van der Waals surface area (Å²) in [5.41, 5.74) is 0.448. The summed E-state index contributed by atoms with van der Waals surface area (Å²) in [7, 11) is 0. The number of carbonyl (C=O) groups excluding carboxylic acids is 1. The van der Waals surface area contributed by atoms with E-state index < -0.39 is 12.0 Å². The van der Waals surface area contributed by atoms with E-state index in [-0.39, 0.29) is 11.9 Å². The van der Waals surface area contributed by atoms with Crippen LogP contribution in [0.15, 0.2) is 5.38 Å². The van der Waals surface area contributed by atoms with E-state index in [0.29, 0.717) is 24.0 Å². The number of rotatable bonds is 3. The summed E-state index contributed by atoms with van der Waals surface area (Å²) in [5, 5.41) is 12.4. The van der Waals surface area contributed by atoms with Crippen molar-refractivity contribution in [1.29, 1.82) is 0 Å². The SMILES string of the molecule is O=C(O)C1CC2CCCCC2N1C(=O)c1csc(C2CC2)n1. The van der Waals surface area contributed by atoms with E-state index in [4.69, 9.17) is 0 Å². The number of aliphatic carboxylic acids is 1. The second kappa shape index (κ2) is 5.33. The number of fused-ring (bicyclic) bond motifs is 1. The van der Waals surface area contributed by atoms with E-state index in [0.717, 1.165) is 43.5 Å². The lowest BCUT2D eigenvalue weighted by molar-refractivity contribution is -0.141. The molecule has 3 atom stereocenters. The maximum atomic E-state index is 12.9. The Morgan fingerprint density at radius 2 is 2.00 bits per heavy atom. The second-order valence-electron chi connectivity index (χ2n) is 6.76. The van der Waals surface area contributed by atoms with Crippen LogP contribution in [0.4, 0.5) is 0 Å². The topological polar surface area (TPSA) is 70.5 Å². The lowest BCUT2D eigenvalue weighted by Gasteiger charge is -2.32. The minimum absolute atomic E-state index is 0.0911. The Labute approximate surface area is 133 Å². The van der Waals surface area contributed by atoms with Gasteiger partial charge in [-0.15, -0.1) is 11.3 Å². The highest BCUT2D eigenvalue weighted by Gasteiger charge is 2.48. The third-order valence-corrected chi connectivity index (χ3v) is 6.28. The summed E-state index contributed by atoms with van der Waals surface area (Å²) in [5.74, 6) is -0.173. The zero-order chi connectivity index (χ0) is 15.3. The maximum absolute atomic E-state index is 12.9. The number of carboxylic acids is 1. The predicted octanol–water partition coefficient (Wildman–Crippen LogP) is 2.88. The Morgan fingerprint density at radius 3 is 2.73 bits per heavy atom. The number of aromatic nitrogens is 1. The quantitative estimate of drug-likeness (QED) is 0.929. The summed E-state index contributed by atoms with van der Waals surface area (Å²) in [4.78, 5) is 30.6. The molecule has 6 heteroatoms. The van der Waals surface area contributed by atoms with Crippen LogP contribution < -0.4 is 0 Å². The summed E-state index contributed by atoms with van der Waals surface area (Å²) in [6.45, 7) is 0. The monoisotopic (exact) mass is 320 g/mol. The molecule has 118 valence electrons. The van der Waals surface area contributed by atoms with Gasteiger partial charge in [-0.05, 0) is 38.0 Å². The van der Waals surface area contributed by atoms with Crippen molar-refractivity contribution in [2.75, 3.05) is 0 Å². The molecular weight excluding hydrogens is 300 g/mol. The Balaban J connectivity index is 1.61. The van der Waals surface area contributed by atoms with E-state index in [9.17, 15) is 14.7 Å². The van der Waals surface area contributed by atoms with Crippen molar-refractivity contribution >= 4 is 23.2 Å². The molecule has 1 aromatic heterocycles. The van der Waals surface area contributed by atoms with E-state index >= 15 is 0 Å². The molecule has 5 nitrogen and oxygen atoms in total. The first-order chi connectivity index (χ1) is 10.6. The number of hydrogen-bond acceptors (Lipinski definition) is 4. The predicted molar refractivity (Wildman–Crippen MR) is 82.0 cm³/mol. The summed E-state index contributed by atoms with van der Waals surface area (Å²) in [6.07, 6.45) is 7.13. The van der Waals surface area contributed by atoms with Gasteiger partial charge in [0.25, 0.3) is 5.91 Å². The van der Waals surface area contributed by atoms with Crippen LogP contribution in [0.25, 0.3) is 0 Å². The minimum atomic E-state index is -0.875. The fraction of sp³-hybridized carbons (Fsp3) is 0.688. The van der Waals surface area contributed by atoms with Crippen LogP contribution in [0.1, 0.15) is 66.4 Å². The van der Waals surface area contributed by atoms with Crippen LogP contribution in [0.3, 0.4) is 0 Å². The molecule has 3 aliphatic rings. The first-order valence-electron chi connectivity index (χ1n) is 8.16. The van der Waals surface area contributed by atoms with Crippen LogP contribution in [0, 0.1) is 5.92 Å². The Hall–Kier alpha value is -1.43. The first-order valence-corrected chi connectivity index (χ1v) is 9.04. The van der Waals surface area contributed by atoms with Gasteiger partial charge in [-0.2, -0.15) is 0 Å². The van der Waals surface area contributed by atoms with E-state index in [1.165, 1.54) is 0 Å². The highest BCUT2D eigenvalue weighted by molar-refractivity contribution is 7.10. The number of carbonyl (C=O) groups is 2. The summed E-state index contributed by atoms with van der Waals surface area (Å²) < 4.78 is 0. The fourth-order valence-corrected chi connectivity index (χ4v) is 4.97. The van der Waals surface area contributed by atoms with Crippen molar-refractivity contribution in [3.63, 3.8) is 0 Å². The van der Waals surface area contributed by atoms with Gasteiger partial charge in [0.05, 0.1) is 5.01 Å². The standard InChI is InChI=1S/C16H20N2O3S/c19-15(11-8-22-14(17-11)9-5-6-9)18-12-4-2-1-3-10(12)7-13(18)16(20)21/h8-10,12-13H,1-7H2,(H,20,21). The molecule has 3 unspecified atom stereocenters. The number of amides is 1. The minimum Gasteiger partial charge on any atom is -0.480 e. The fourth-order valence-electron chi connectivity index (χ4n) is 4.01. The van der Waals surface area contributed by atoms with Crippen molar-refractivity contribution in [2.24, 2.45) is 5.92 Å². The molecule has 0 spiro atoms. The largest absolute Gasteiger partial charge is 0.480 e. The van der Waals surface area contributed by atoms with Crippen molar-refractivity contribution < 1.29 is 14.7 Å². The molecule has 2 saturated carbocycles. The zero-order valence-electron chi connectivity index (χ0n) is 12.4. The molecule has 1 amide bonds. The molecule has 4 rings (SSSR count). The molecule has 0 radical (unpaired) electrons. The molecule has 1 N–H and O–H groups in total. The second-order valence-corrected chi connectivity index (χ2v) is 7.65. The third kappa shape index (κ3) is 2.33. The lowest BCUT2D eigenvalue weighted by Crippen LogP contribution is -2.46. The molecule has 22 heavy (non-hydrogen) atoms. The molecule has 1 aliphatic heterocycles. The van der Waals surface area contributed by atoms with Gasteiger partial charge in [0.1, 0.15) is 11.7 Å². The van der Waals surface area contributed by atoms with Gasteiger partial charge < -0.3 is 10.0 Å². The highest BCUT2D eigenvalue weighted by Crippen LogP contribution is 2.43. The van der Waals surface area contributed by atoms with Crippen LogP contribution in [0.2, 0.25) is 0 Å². The first kappa shape index (κ1) is 14.2. The zero-order valence-corrected chi connectivity index (χ0v) is 13.2. The molecule has 3 fully saturated rings. The average molecular weight is 320 g/mol. The normalized spacial score (nSPS) is 31.1. The number of hydrogen-bond donors (Lipinski definition) is 1. The Morgan fingerprint density at radius 1 is 1.23 bits per heavy atom. The van der Waals surface area contributed by atoms with Gasteiger partial charge in [-0.25, -0.2) is 9.78 Å². The van der Waals surface area contributed by atoms with Gasteiger partial charge in [-0.3, -0.25) is 4.79 Å². The highest BCUT2D eigenvalue weighted by atomic mass is 32.1. The van der Waals surface area contributed by atoms with Crippen LogP contribution in [-0.2, 0) is 4.79 Å². The van der Waals surface area contributed by atoms with Gasteiger partial charge in [0.2, 0.25) is 0 Å². The summed E-state index contributed by atoms with van der Waals surface area (Å²) in [6, 6.07) is -0.583. The van der Waals surface area contributed by atoms with Gasteiger partial charge >= 0.3 is 5.97 Å². The lowest BCUT2D eigenvalue weighted by atomic mass is 9.84. The number of nitrogens with zero attached hydrogens (tertiary/aromatic N) is 2. The van der Waals surface area contributed by atoms with Gasteiger partial charge in [0, 0.05) is 17.3 Å². The van der Waals surface area contributed by atoms with Crippen molar-refractivity contribution in [2.45, 2.75) is 62.9 Å². The average Bonchev–Trinajstić information content (AvgIpc) is 3.12. The van der Waals surface area contributed by atoms with Crippen LogP contribution in [0.5, 0.6) is 0 Å². The smallest absolute Gasteiger partial charge is 0.326 e. The van der Waals surface area contributed by atoms with Crippen LogP contribution >= 0.6 is 11.3 Å². The third-order valence-electron chi connectivity index (χ3n) is 5.28. The van der Waals surface area contributed by atoms with E-state index in [1.54, 1.807) is 16.2 Å². The molecular formula is C16H20N2O3S. The molecule has 1 saturated heterocycles. The Kier molecular flexibility index (Phi) is 3.44. The molecule has 2 aliphatic carbocycles. The van der Waals surface area contributed by atoms with Crippen molar-refractivity contribution in [3.8, 4) is 0 Å². The molecule has 0 aromatic carbocycles. The molecule has 0 bridgehead atoms. The van der Waals surface area contributed by atoms with Crippen molar-refractivity contribution in [1.82, 2.24) is 9.88 Å². The van der Waals surface area contributed by atoms with Crippen molar-refractivity contribution in [3.05, 3.63) is 16.1 Å². The molecule has 2 heterocycles. The van der Waals surface area contributed by atoms with Gasteiger partial charge in [0.15, 0.2) is 0 Å².